The minimum Gasteiger partial charge on any atom is -0.462 e. The lowest BCUT2D eigenvalue weighted by Gasteiger charge is -2.10. The molecule has 18 heavy (non-hydrogen) atoms. The predicted molar refractivity (Wildman–Crippen MR) is 67.9 cm³/mol. The van der Waals surface area contributed by atoms with Crippen molar-refractivity contribution in [3.63, 3.8) is 0 Å². The van der Waals surface area contributed by atoms with Crippen LogP contribution in [0.5, 0.6) is 0 Å². The van der Waals surface area contributed by atoms with E-state index in [1.807, 2.05) is 6.92 Å². The Bertz CT molecular complexity index is 564. The Morgan fingerprint density at radius 1 is 1.28 bits per heavy atom. The standard InChI is InChI=1S/C12H17NO4S/c1-4-5-17-12(14)10-7-11(18(13,15)16)9(3)6-8(10)2/h6-7H,4-5H2,1-3H3,(H2,13,15,16). The van der Waals surface area contributed by atoms with Crippen molar-refractivity contribution >= 4 is 16.0 Å². The van der Waals surface area contributed by atoms with E-state index in [1.165, 1.54) is 6.07 Å². The summed E-state index contributed by atoms with van der Waals surface area (Å²) >= 11 is 0. The summed E-state index contributed by atoms with van der Waals surface area (Å²) in [6.07, 6.45) is 0.707. The average molecular weight is 271 g/mol. The van der Waals surface area contributed by atoms with Gasteiger partial charge in [-0.15, -0.1) is 0 Å². The first kappa shape index (κ1) is 14.7. The predicted octanol–water partition coefficient (Wildman–Crippen LogP) is 1.52. The third kappa shape index (κ3) is 3.30. The molecule has 0 spiro atoms. The zero-order valence-corrected chi connectivity index (χ0v) is 11.5. The first-order valence-electron chi connectivity index (χ1n) is 5.58. The maximum Gasteiger partial charge on any atom is 0.338 e. The monoisotopic (exact) mass is 271 g/mol. The van der Waals surface area contributed by atoms with Gasteiger partial charge < -0.3 is 4.74 Å². The van der Waals surface area contributed by atoms with Gasteiger partial charge in [0.25, 0.3) is 0 Å². The van der Waals surface area contributed by atoms with Crippen LogP contribution in [0.15, 0.2) is 17.0 Å². The number of benzene rings is 1. The summed E-state index contributed by atoms with van der Waals surface area (Å²) in [6.45, 7) is 5.54. The molecule has 0 saturated heterocycles. The van der Waals surface area contributed by atoms with Crippen molar-refractivity contribution in [1.29, 1.82) is 0 Å². The molecule has 2 N–H and O–H groups in total. The molecular formula is C12H17NO4S. The van der Waals surface area contributed by atoms with E-state index >= 15 is 0 Å². The Morgan fingerprint density at radius 2 is 1.89 bits per heavy atom. The quantitative estimate of drug-likeness (QED) is 0.841. The van der Waals surface area contributed by atoms with Gasteiger partial charge in [0.05, 0.1) is 17.1 Å². The van der Waals surface area contributed by atoms with Crippen LogP contribution in [-0.4, -0.2) is 21.0 Å². The number of aryl methyl sites for hydroxylation is 2. The van der Waals surface area contributed by atoms with Crippen molar-refractivity contribution in [2.75, 3.05) is 6.61 Å². The van der Waals surface area contributed by atoms with Crippen molar-refractivity contribution in [1.82, 2.24) is 0 Å². The number of sulfonamides is 1. The summed E-state index contributed by atoms with van der Waals surface area (Å²) < 4.78 is 27.8. The lowest BCUT2D eigenvalue weighted by atomic mass is 10.1. The number of nitrogens with two attached hydrogens (primary N) is 1. The fraction of sp³-hybridized carbons (Fsp3) is 0.417. The van der Waals surface area contributed by atoms with Crippen LogP contribution >= 0.6 is 0 Å². The van der Waals surface area contributed by atoms with Gasteiger partial charge >= 0.3 is 5.97 Å². The maximum absolute atomic E-state index is 11.8. The van der Waals surface area contributed by atoms with Gasteiger partial charge in [-0.1, -0.05) is 13.0 Å². The van der Waals surface area contributed by atoms with E-state index in [-0.39, 0.29) is 10.5 Å². The van der Waals surface area contributed by atoms with Crippen LogP contribution in [0.1, 0.15) is 34.8 Å². The van der Waals surface area contributed by atoms with Crippen LogP contribution in [0.25, 0.3) is 0 Å². The second-order valence-corrected chi connectivity index (χ2v) is 5.64. The van der Waals surface area contributed by atoms with Gasteiger partial charge in [0.2, 0.25) is 10.0 Å². The molecule has 0 aliphatic rings. The lowest BCUT2D eigenvalue weighted by molar-refractivity contribution is 0.0504. The van der Waals surface area contributed by atoms with Crippen LogP contribution < -0.4 is 5.14 Å². The van der Waals surface area contributed by atoms with Gasteiger partial charge in [0.15, 0.2) is 0 Å². The molecule has 6 heteroatoms. The number of ether oxygens (including phenoxy) is 1. The van der Waals surface area contributed by atoms with Crippen LogP contribution in [0.4, 0.5) is 0 Å². The highest BCUT2D eigenvalue weighted by Crippen LogP contribution is 2.20. The number of hydrogen-bond donors (Lipinski definition) is 1. The van der Waals surface area contributed by atoms with Gasteiger partial charge in [-0.25, -0.2) is 18.4 Å². The van der Waals surface area contributed by atoms with Gasteiger partial charge in [0.1, 0.15) is 0 Å². The van der Waals surface area contributed by atoms with Crippen molar-refractivity contribution < 1.29 is 17.9 Å². The first-order chi connectivity index (χ1) is 8.27. The zero-order valence-electron chi connectivity index (χ0n) is 10.7. The number of carbonyl (C=O) groups is 1. The molecule has 0 atom stereocenters. The van der Waals surface area contributed by atoms with Crippen molar-refractivity contribution in [3.8, 4) is 0 Å². The largest absolute Gasteiger partial charge is 0.462 e. The highest BCUT2D eigenvalue weighted by Gasteiger charge is 2.18. The van der Waals surface area contributed by atoms with E-state index in [9.17, 15) is 13.2 Å². The van der Waals surface area contributed by atoms with Crippen LogP contribution in [0.2, 0.25) is 0 Å². The van der Waals surface area contributed by atoms with E-state index in [0.29, 0.717) is 24.2 Å². The van der Waals surface area contributed by atoms with Crippen molar-refractivity contribution in [3.05, 3.63) is 28.8 Å². The molecular weight excluding hydrogens is 254 g/mol. The van der Waals surface area contributed by atoms with E-state index < -0.39 is 16.0 Å². The van der Waals surface area contributed by atoms with Gasteiger partial charge in [-0.2, -0.15) is 0 Å². The minimum absolute atomic E-state index is 0.0449. The molecule has 0 saturated carbocycles. The third-order valence-corrected chi connectivity index (χ3v) is 3.54. The fourth-order valence-corrected chi connectivity index (χ4v) is 2.42. The Morgan fingerprint density at radius 3 is 2.39 bits per heavy atom. The van der Waals surface area contributed by atoms with Crippen molar-refractivity contribution in [2.45, 2.75) is 32.1 Å². The van der Waals surface area contributed by atoms with Crippen LogP contribution in [-0.2, 0) is 14.8 Å². The number of carbonyl (C=O) groups excluding carboxylic acids is 1. The molecule has 1 rings (SSSR count). The maximum atomic E-state index is 11.8. The summed E-state index contributed by atoms with van der Waals surface area (Å²) in [5.41, 5.74) is 1.42. The Labute approximate surface area is 107 Å². The average Bonchev–Trinajstić information content (AvgIpc) is 2.24. The second-order valence-electron chi connectivity index (χ2n) is 4.11. The molecule has 0 radical (unpaired) electrons. The lowest BCUT2D eigenvalue weighted by Crippen LogP contribution is -2.16. The van der Waals surface area contributed by atoms with E-state index in [2.05, 4.69) is 0 Å². The molecule has 1 aromatic rings. The number of primary sulfonamides is 1. The normalized spacial score (nSPS) is 11.3. The Balaban J connectivity index is 3.26. The van der Waals surface area contributed by atoms with E-state index in [0.717, 1.165) is 0 Å². The van der Waals surface area contributed by atoms with Crippen molar-refractivity contribution in [2.24, 2.45) is 5.14 Å². The summed E-state index contributed by atoms with van der Waals surface area (Å²) in [7, 11) is -3.83. The zero-order chi connectivity index (χ0) is 13.9. The highest BCUT2D eigenvalue weighted by molar-refractivity contribution is 7.89. The molecule has 100 valence electrons. The highest BCUT2D eigenvalue weighted by atomic mass is 32.2. The molecule has 0 bridgehead atoms. The summed E-state index contributed by atoms with van der Waals surface area (Å²) in [6, 6.07) is 2.89. The summed E-state index contributed by atoms with van der Waals surface area (Å²) in [5.74, 6) is -0.528. The molecule has 0 heterocycles. The topological polar surface area (TPSA) is 86.5 Å². The molecule has 5 nitrogen and oxygen atoms in total. The molecule has 0 fully saturated rings. The Kier molecular flexibility index (Phi) is 4.48. The molecule has 0 unspecified atom stereocenters. The number of esters is 1. The number of hydrogen-bond acceptors (Lipinski definition) is 4. The molecule has 1 aromatic carbocycles. The van der Waals surface area contributed by atoms with E-state index in [1.54, 1.807) is 19.9 Å². The molecule has 0 aliphatic carbocycles. The molecule has 0 aliphatic heterocycles. The van der Waals surface area contributed by atoms with Crippen LogP contribution in [0.3, 0.4) is 0 Å². The molecule has 0 amide bonds. The minimum atomic E-state index is -3.83. The second kappa shape index (κ2) is 5.49. The number of rotatable bonds is 4. The summed E-state index contributed by atoms with van der Waals surface area (Å²) in [5, 5.41) is 5.10. The smallest absolute Gasteiger partial charge is 0.338 e. The Hall–Kier alpha value is -1.40. The van der Waals surface area contributed by atoms with Gasteiger partial charge in [-0.3, -0.25) is 0 Å². The summed E-state index contributed by atoms with van der Waals surface area (Å²) in [4.78, 5) is 11.7. The third-order valence-electron chi connectivity index (χ3n) is 2.49. The SMILES string of the molecule is CCCOC(=O)c1cc(S(N)(=O)=O)c(C)cc1C. The van der Waals surface area contributed by atoms with Gasteiger partial charge in [-0.05, 0) is 37.5 Å². The van der Waals surface area contributed by atoms with E-state index in [4.69, 9.17) is 9.88 Å². The van der Waals surface area contributed by atoms with Gasteiger partial charge in [0, 0.05) is 0 Å². The first-order valence-corrected chi connectivity index (χ1v) is 7.13. The van der Waals surface area contributed by atoms with Crippen LogP contribution in [0, 0.1) is 13.8 Å². The fourth-order valence-electron chi connectivity index (χ4n) is 1.63. The molecule has 0 aromatic heterocycles.